The zero-order chi connectivity index (χ0) is 20.4. The van der Waals surface area contributed by atoms with Crippen molar-refractivity contribution in [3.05, 3.63) is 53.3 Å². The van der Waals surface area contributed by atoms with Crippen LogP contribution in [0.25, 0.3) is 11.0 Å². The summed E-state index contributed by atoms with van der Waals surface area (Å²) in [6.45, 7) is 7.79. The van der Waals surface area contributed by atoms with Crippen LogP contribution in [0.1, 0.15) is 41.5 Å². The van der Waals surface area contributed by atoms with Crippen molar-refractivity contribution in [1.82, 2.24) is 19.7 Å². The summed E-state index contributed by atoms with van der Waals surface area (Å²) in [5.74, 6) is -0.498. The van der Waals surface area contributed by atoms with Gasteiger partial charge in [0.05, 0.1) is 24.0 Å². The van der Waals surface area contributed by atoms with Gasteiger partial charge in [0, 0.05) is 24.2 Å². The van der Waals surface area contributed by atoms with Gasteiger partial charge < -0.3 is 10.2 Å². The number of carbonyl (C=O) groups excluding carboxylic acids is 2. The quantitative estimate of drug-likeness (QED) is 0.737. The topological polar surface area (TPSA) is 80.1 Å². The third-order valence-corrected chi connectivity index (χ3v) is 4.54. The lowest BCUT2D eigenvalue weighted by molar-refractivity contribution is -0.116. The molecule has 1 aromatic carbocycles. The number of rotatable bonds is 5. The molecule has 2 amide bonds. The fourth-order valence-corrected chi connectivity index (χ4v) is 2.99. The highest BCUT2D eigenvalue weighted by Gasteiger charge is 2.20. The number of anilines is 1. The molecule has 28 heavy (non-hydrogen) atoms. The lowest BCUT2D eigenvalue weighted by Gasteiger charge is -2.18. The van der Waals surface area contributed by atoms with E-state index < -0.39 is 0 Å². The van der Waals surface area contributed by atoms with Gasteiger partial charge in [-0.1, -0.05) is 17.7 Å². The highest BCUT2D eigenvalue weighted by atomic mass is 16.2. The lowest BCUT2D eigenvalue weighted by atomic mass is 10.1. The number of likely N-dealkylation sites (N-methyl/N-ethyl adjacent to an activating group) is 1. The number of benzene rings is 1. The smallest absolute Gasteiger partial charge is 0.255 e. The molecule has 3 aromatic rings. The van der Waals surface area contributed by atoms with Gasteiger partial charge in [-0.15, -0.1) is 0 Å². The van der Waals surface area contributed by atoms with Crippen LogP contribution in [0.15, 0.2) is 36.5 Å². The Kier molecular flexibility index (Phi) is 5.44. The molecule has 0 aliphatic rings. The first-order valence-corrected chi connectivity index (χ1v) is 9.23. The van der Waals surface area contributed by atoms with Crippen LogP contribution in [0.4, 0.5) is 5.69 Å². The molecule has 0 atom stereocenters. The second-order valence-corrected chi connectivity index (χ2v) is 7.29. The second-order valence-electron chi connectivity index (χ2n) is 7.29. The predicted octanol–water partition coefficient (Wildman–Crippen LogP) is 3.34. The Balaban J connectivity index is 1.74. The van der Waals surface area contributed by atoms with Crippen LogP contribution in [0.2, 0.25) is 0 Å². The Morgan fingerprint density at radius 1 is 1.18 bits per heavy atom. The zero-order valence-corrected chi connectivity index (χ0v) is 16.9. The minimum atomic E-state index is -0.251. The number of hydrogen-bond donors (Lipinski definition) is 1. The first kappa shape index (κ1) is 19.5. The molecule has 0 saturated carbocycles. The number of amides is 2. The van der Waals surface area contributed by atoms with Crippen LogP contribution in [0.3, 0.4) is 0 Å². The Morgan fingerprint density at radius 2 is 1.86 bits per heavy atom. The average Bonchev–Trinajstić information content (AvgIpc) is 3.05. The van der Waals surface area contributed by atoms with E-state index in [1.54, 1.807) is 26.2 Å². The zero-order valence-electron chi connectivity index (χ0n) is 16.9. The third kappa shape index (κ3) is 4.03. The van der Waals surface area contributed by atoms with Gasteiger partial charge in [-0.05, 0) is 45.9 Å². The average molecular weight is 379 g/mol. The molecular formula is C21H25N5O2. The summed E-state index contributed by atoms with van der Waals surface area (Å²) >= 11 is 0. The molecule has 0 spiro atoms. The highest BCUT2D eigenvalue weighted by Crippen LogP contribution is 2.20. The predicted molar refractivity (Wildman–Crippen MR) is 109 cm³/mol. The van der Waals surface area contributed by atoms with Gasteiger partial charge in [-0.2, -0.15) is 5.10 Å². The van der Waals surface area contributed by atoms with Crippen molar-refractivity contribution in [2.45, 2.75) is 33.7 Å². The molecule has 2 aromatic heterocycles. The largest absolute Gasteiger partial charge is 0.332 e. The molecule has 3 rings (SSSR count). The maximum Gasteiger partial charge on any atom is 0.255 e. The summed E-state index contributed by atoms with van der Waals surface area (Å²) in [6, 6.07) is 9.49. The van der Waals surface area contributed by atoms with Crippen molar-refractivity contribution in [2.75, 3.05) is 18.9 Å². The normalized spacial score (nSPS) is 11.1. The highest BCUT2D eigenvalue weighted by molar-refractivity contribution is 6.01. The molecule has 0 bridgehead atoms. The van der Waals surface area contributed by atoms with E-state index in [0.29, 0.717) is 16.9 Å². The van der Waals surface area contributed by atoms with Crippen molar-refractivity contribution < 1.29 is 9.59 Å². The van der Waals surface area contributed by atoms with E-state index in [9.17, 15) is 9.59 Å². The van der Waals surface area contributed by atoms with Gasteiger partial charge in [0.15, 0.2) is 5.65 Å². The number of pyridine rings is 1. The van der Waals surface area contributed by atoms with Crippen LogP contribution in [0.5, 0.6) is 0 Å². The molecule has 0 fully saturated rings. The van der Waals surface area contributed by atoms with E-state index in [2.05, 4.69) is 15.4 Å². The van der Waals surface area contributed by atoms with Crippen molar-refractivity contribution in [3.63, 3.8) is 0 Å². The maximum absolute atomic E-state index is 12.9. The number of nitrogens with zero attached hydrogens (tertiary/aromatic N) is 4. The third-order valence-electron chi connectivity index (χ3n) is 4.54. The lowest BCUT2D eigenvalue weighted by Crippen LogP contribution is -2.35. The Hall–Kier alpha value is -3.22. The molecule has 0 aliphatic heterocycles. The van der Waals surface area contributed by atoms with Gasteiger partial charge in [0.25, 0.3) is 5.91 Å². The van der Waals surface area contributed by atoms with Gasteiger partial charge in [-0.3, -0.25) is 9.59 Å². The van der Waals surface area contributed by atoms with E-state index in [1.165, 1.54) is 4.90 Å². The standard InChI is InChI=1S/C21H25N5O2/c1-13(2)26-20-16(11-22-26)10-18(15(4)23-20)21(28)25(5)12-19(27)24-17-8-6-14(3)7-9-17/h6-11,13H,12H2,1-5H3,(H,24,27). The molecular weight excluding hydrogens is 354 g/mol. The summed E-state index contributed by atoms with van der Waals surface area (Å²) < 4.78 is 1.83. The first-order chi connectivity index (χ1) is 13.3. The molecule has 0 saturated heterocycles. The maximum atomic E-state index is 12.9. The number of aryl methyl sites for hydroxylation is 2. The van der Waals surface area contributed by atoms with Gasteiger partial charge in [0.2, 0.25) is 5.91 Å². The summed E-state index contributed by atoms with van der Waals surface area (Å²) in [5.41, 5.74) is 3.66. The summed E-state index contributed by atoms with van der Waals surface area (Å²) in [4.78, 5) is 31.1. The summed E-state index contributed by atoms with van der Waals surface area (Å²) in [7, 11) is 1.61. The van der Waals surface area contributed by atoms with Crippen molar-refractivity contribution >= 4 is 28.5 Å². The van der Waals surface area contributed by atoms with E-state index in [1.807, 2.05) is 49.7 Å². The Morgan fingerprint density at radius 3 is 2.50 bits per heavy atom. The van der Waals surface area contributed by atoms with Gasteiger partial charge in [0.1, 0.15) is 0 Å². The molecule has 0 aliphatic carbocycles. The first-order valence-electron chi connectivity index (χ1n) is 9.23. The van der Waals surface area contributed by atoms with E-state index >= 15 is 0 Å². The van der Waals surface area contributed by atoms with E-state index in [4.69, 9.17) is 0 Å². The van der Waals surface area contributed by atoms with Crippen LogP contribution < -0.4 is 5.32 Å². The van der Waals surface area contributed by atoms with Crippen molar-refractivity contribution in [1.29, 1.82) is 0 Å². The SMILES string of the molecule is Cc1ccc(NC(=O)CN(C)C(=O)c2cc3cnn(C(C)C)c3nc2C)cc1. The number of fused-ring (bicyclic) bond motifs is 1. The van der Waals surface area contributed by atoms with Crippen LogP contribution in [-0.4, -0.2) is 45.1 Å². The van der Waals surface area contributed by atoms with Crippen molar-refractivity contribution in [3.8, 4) is 0 Å². The number of hydrogen-bond acceptors (Lipinski definition) is 4. The van der Waals surface area contributed by atoms with Crippen LogP contribution >= 0.6 is 0 Å². The molecule has 7 heteroatoms. The van der Waals surface area contributed by atoms with E-state index in [0.717, 1.165) is 16.6 Å². The second kappa shape index (κ2) is 7.80. The minimum Gasteiger partial charge on any atom is -0.332 e. The summed E-state index contributed by atoms with van der Waals surface area (Å²) in [6.07, 6.45) is 1.71. The molecule has 7 nitrogen and oxygen atoms in total. The minimum absolute atomic E-state index is 0.0462. The Bertz CT molecular complexity index is 1020. The van der Waals surface area contributed by atoms with E-state index in [-0.39, 0.29) is 24.4 Å². The van der Waals surface area contributed by atoms with Crippen molar-refractivity contribution in [2.24, 2.45) is 0 Å². The summed E-state index contributed by atoms with van der Waals surface area (Å²) in [5, 5.41) is 7.96. The van der Waals surface area contributed by atoms with Crippen LogP contribution in [0, 0.1) is 13.8 Å². The molecule has 1 N–H and O–H groups in total. The monoisotopic (exact) mass is 379 g/mol. The molecule has 0 radical (unpaired) electrons. The fraction of sp³-hybridized carbons (Fsp3) is 0.333. The van der Waals surface area contributed by atoms with Gasteiger partial charge >= 0.3 is 0 Å². The van der Waals surface area contributed by atoms with Crippen LogP contribution in [-0.2, 0) is 4.79 Å². The molecule has 0 unspecified atom stereocenters. The van der Waals surface area contributed by atoms with Gasteiger partial charge in [-0.25, -0.2) is 9.67 Å². The fourth-order valence-electron chi connectivity index (χ4n) is 2.99. The number of aromatic nitrogens is 3. The molecule has 2 heterocycles. The number of carbonyl (C=O) groups is 2. The molecule has 146 valence electrons. The number of nitrogens with one attached hydrogen (secondary N) is 1. The Labute approximate surface area is 164 Å².